The van der Waals surface area contributed by atoms with E-state index in [0.29, 0.717) is 24.1 Å². The number of rotatable bonds is 2. The van der Waals surface area contributed by atoms with Gasteiger partial charge in [-0.05, 0) is 25.1 Å². The number of nitrogens with zero attached hydrogens (tertiary/aromatic N) is 1. The molecule has 0 saturated carbocycles. The molecular formula is C11H14BrFN2O2S. The molecule has 1 aliphatic heterocycles. The molecule has 0 spiro atoms. The summed E-state index contributed by atoms with van der Waals surface area (Å²) in [5, 5.41) is 3.15. The predicted molar refractivity (Wildman–Crippen MR) is 70.3 cm³/mol. The van der Waals surface area contributed by atoms with Crippen LogP contribution >= 0.6 is 15.9 Å². The second kappa shape index (κ2) is 5.24. The molecule has 0 bridgehead atoms. The fourth-order valence-electron chi connectivity index (χ4n) is 1.93. The van der Waals surface area contributed by atoms with Crippen molar-refractivity contribution in [3.05, 3.63) is 28.5 Å². The van der Waals surface area contributed by atoms with Crippen molar-refractivity contribution >= 4 is 26.0 Å². The molecule has 0 aromatic heterocycles. The third kappa shape index (κ3) is 2.74. The van der Waals surface area contributed by atoms with Gasteiger partial charge in [-0.15, -0.1) is 0 Å². The fraction of sp³-hybridized carbons (Fsp3) is 0.455. The van der Waals surface area contributed by atoms with E-state index >= 15 is 0 Å². The highest BCUT2D eigenvalue weighted by atomic mass is 79.9. The van der Waals surface area contributed by atoms with E-state index < -0.39 is 15.8 Å². The third-order valence-electron chi connectivity index (χ3n) is 2.84. The van der Waals surface area contributed by atoms with Gasteiger partial charge in [0.05, 0.1) is 0 Å². The van der Waals surface area contributed by atoms with Gasteiger partial charge in [0.15, 0.2) is 0 Å². The molecule has 1 heterocycles. The molecule has 4 nitrogen and oxygen atoms in total. The van der Waals surface area contributed by atoms with Gasteiger partial charge in [-0.25, -0.2) is 12.8 Å². The lowest BCUT2D eigenvalue weighted by molar-refractivity contribution is 0.309. The molecular weight excluding hydrogens is 323 g/mol. The number of sulfonamides is 1. The minimum Gasteiger partial charge on any atom is -0.312 e. The molecule has 1 fully saturated rings. The normalized spacial score (nSPS) is 22.1. The smallest absolute Gasteiger partial charge is 0.246 e. The summed E-state index contributed by atoms with van der Waals surface area (Å²) in [6, 6.07) is 4.01. The Balaban J connectivity index is 2.38. The average molecular weight is 337 g/mol. The van der Waals surface area contributed by atoms with Gasteiger partial charge in [-0.1, -0.05) is 15.9 Å². The van der Waals surface area contributed by atoms with Crippen LogP contribution in [0.25, 0.3) is 0 Å². The van der Waals surface area contributed by atoms with Gasteiger partial charge in [0.1, 0.15) is 10.7 Å². The summed E-state index contributed by atoms with van der Waals surface area (Å²) in [6.45, 7) is 3.20. The molecule has 1 atom stereocenters. The van der Waals surface area contributed by atoms with Crippen LogP contribution in [-0.2, 0) is 10.0 Å². The quantitative estimate of drug-likeness (QED) is 0.891. The van der Waals surface area contributed by atoms with Gasteiger partial charge < -0.3 is 5.32 Å². The van der Waals surface area contributed by atoms with E-state index in [4.69, 9.17) is 0 Å². The molecule has 2 rings (SSSR count). The maximum Gasteiger partial charge on any atom is 0.246 e. The van der Waals surface area contributed by atoms with Gasteiger partial charge in [0.25, 0.3) is 0 Å². The zero-order valence-electron chi connectivity index (χ0n) is 9.86. The number of hydrogen-bond acceptors (Lipinski definition) is 3. The van der Waals surface area contributed by atoms with Gasteiger partial charge in [0.2, 0.25) is 10.0 Å². The van der Waals surface area contributed by atoms with Crippen molar-refractivity contribution in [2.24, 2.45) is 0 Å². The van der Waals surface area contributed by atoms with Gasteiger partial charge in [-0.2, -0.15) is 4.31 Å². The SMILES string of the molecule is C[C@@H]1CN(S(=O)(=O)c2cc(Br)ccc2F)CCN1. The molecule has 0 radical (unpaired) electrons. The van der Waals surface area contributed by atoms with E-state index in [1.807, 2.05) is 6.92 Å². The van der Waals surface area contributed by atoms with Crippen LogP contribution in [0.2, 0.25) is 0 Å². The summed E-state index contributed by atoms with van der Waals surface area (Å²) in [7, 11) is -3.76. The second-order valence-electron chi connectivity index (χ2n) is 4.29. The highest BCUT2D eigenvalue weighted by Gasteiger charge is 2.30. The third-order valence-corrected chi connectivity index (χ3v) is 5.22. The summed E-state index contributed by atoms with van der Waals surface area (Å²) in [6.07, 6.45) is 0. The number of halogens is 2. The highest BCUT2D eigenvalue weighted by molar-refractivity contribution is 9.10. The summed E-state index contributed by atoms with van der Waals surface area (Å²) in [5.41, 5.74) is 0. The first kappa shape index (κ1) is 13.9. The maximum absolute atomic E-state index is 13.7. The summed E-state index contributed by atoms with van der Waals surface area (Å²) in [4.78, 5) is -0.272. The van der Waals surface area contributed by atoms with Crippen LogP contribution in [0.4, 0.5) is 4.39 Å². The lowest BCUT2D eigenvalue weighted by Gasteiger charge is -2.31. The van der Waals surface area contributed by atoms with Crippen molar-refractivity contribution in [3.63, 3.8) is 0 Å². The van der Waals surface area contributed by atoms with Crippen molar-refractivity contribution in [1.82, 2.24) is 9.62 Å². The van der Waals surface area contributed by atoms with Gasteiger partial charge in [-0.3, -0.25) is 0 Å². The Morgan fingerprint density at radius 1 is 1.50 bits per heavy atom. The first-order valence-electron chi connectivity index (χ1n) is 5.60. The van der Waals surface area contributed by atoms with Crippen molar-refractivity contribution in [3.8, 4) is 0 Å². The Morgan fingerprint density at radius 3 is 2.89 bits per heavy atom. The molecule has 1 aliphatic rings. The largest absolute Gasteiger partial charge is 0.312 e. The fourth-order valence-corrected chi connectivity index (χ4v) is 4.06. The zero-order valence-corrected chi connectivity index (χ0v) is 12.3. The molecule has 100 valence electrons. The highest BCUT2D eigenvalue weighted by Crippen LogP contribution is 2.24. The van der Waals surface area contributed by atoms with Crippen molar-refractivity contribution in [2.75, 3.05) is 19.6 Å². The minimum absolute atomic E-state index is 0.0729. The monoisotopic (exact) mass is 336 g/mol. The Bertz CT molecular complexity index is 550. The molecule has 0 unspecified atom stereocenters. The zero-order chi connectivity index (χ0) is 13.3. The number of benzene rings is 1. The van der Waals surface area contributed by atoms with E-state index in [0.717, 1.165) is 6.07 Å². The summed E-state index contributed by atoms with van der Waals surface area (Å²) >= 11 is 3.16. The van der Waals surface area contributed by atoms with Crippen LogP contribution in [-0.4, -0.2) is 38.4 Å². The minimum atomic E-state index is -3.76. The van der Waals surface area contributed by atoms with E-state index in [1.165, 1.54) is 16.4 Å². The Labute approximate surface area is 114 Å². The van der Waals surface area contributed by atoms with Gasteiger partial charge in [0, 0.05) is 30.1 Å². The van der Waals surface area contributed by atoms with Crippen molar-refractivity contribution in [2.45, 2.75) is 17.9 Å². The van der Waals surface area contributed by atoms with Crippen molar-refractivity contribution in [1.29, 1.82) is 0 Å². The number of nitrogens with one attached hydrogen (secondary N) is 1. The topological polar surface area (TPSA) is 49.4 Å². The number of hydrogen-bond donors (Lipinski definition) is 1. The van der Waals surface area contributed by atoms with Crippen LogP contribution in [0.5, 0.6) is 0 Å². The first-order valence-corrected chi connectivity index (χ1v) is 7.83. The molecule has 1 aromatic rings. The molecule has 1 aromatic carbocycles. The van der Waals surface area contributed by atoms with E-state index in [-0.39, 0.29) is 10.9 Å². The molecule has 7 heteroatoms. The van der Waals surface area contributed by atoms with E-state index in [9.17, 15) is 12.8 Å². The predicted octanol–water partition coefficient (Wildman–Crippen LogP) is 1.57. The standard InChI is InChI=1S/C11H14BrFN2O2S/c1-8-7-15(5-4-14-8)18(16,17)11-6-9(12)2-3-10(11)13/h2-3,6,8,14H,4-5,7H2,1H3/t8-/m1/s1. The number of piperazine rings is 1. The van der Waals surface area contributed by atoms with E-state index in [2.05, 4.69) is 21.2 Å². The van der Waals surface area contributed by atoms with Crippen LogP contribution in [0.15, 0.2) is 27.6 Å². The van der Waals surface area contributed by atoms with E-state index in [1.54, 1.807) is 0 Å². The summed E-state index contributed by atoms with van der Waals surface area (Å²) < 4.78 is 40.2. The first-order chi connectivity index (χ1) is 8.41. The van der Waals surface area contributed by atoms with Crippen LogP contribution in [0.1, 0.15) is 6.92 Å². The molecule has 18 heavy (non-hydrogen) atoms. The Morgan fingerprint density at radius 2 is 2.22 bits per heavy atom. The Hall–Kier alpha value is -0.500. The lowest BCUT2D eigenvalue weighted by Crippen LogP contribution is -2.51. The molecule has 0 amide bonds. The van der Waals surface area contributed by atoms with Crippen molar-refractivity contribution < 1.29 is 12.8 Å². The summed E-state index contributed by atoms with van der Waals surface area (Å²) in [5.74, 6) is -0.718. The van der Waals surface area contributed by atoms with Crippen LogP contribution in [0.3, 0.4) is 0 Å². The van der Waals surface area contributed by atoms with Crippen LogP contribution < -0.4 is 5.32 Å². The lowest BCUT2D eigenvalue weighted by atomic mass is 10.3. The Kier molecular flexibility index (Phi) is 4.05. The maximum atomic E-state index is 13.7. The van der Waals surface area contributed by atoms with Crippen LogP contribution in [0, 0.1) is 5.82 Å². The molecule has 1 saturated heterocycles. The second-order valence-corrected chi connectivity index (χ2v) is 7.12. The van der Waals surface area contributed by atoms with Gasteiger partial charge >= 0.3 is 0 Å². The molecule has 0 aliphatic carbocycles. The average Bonchev–Trinajstić information content (AvgIpc) is 2.32. The molecule has 1 N–H and O–H groups in total.